The maximum absolute atomic E-state index is 13.2. The van der Waals surface area contributed by atoms with Crippen LogP contribution in [0.3, 0.4) is 0 Å². The third-order valence-electron chi connectivity index (χ3n) is 4.59. The normalized spacial score (nSPS) is 17.0. The molecule has 1 aromatic heterocycles. The maximum Gasteiger partial charge on any atom is 0.276 e. The van der Waals surface area contributed by atoms with Gasteiger partial charge in [0.05, 0.1) is 6.04 Å². The van der Waals surface area contributed by atoms with E-state index in [1.54, 1.807) is 13.8 Å². The smallest absolute Gasteiger partial charge is 0.276 e. The third-order valence-corrected chi connectivity index (χ3v) is 4.59. The Bertz CT molecular complexity index is 840. The van der Waals surface area contributed by atoms with Crippen LogP contribution in [0, 0.1) is 13.5 Å². The van der Waals surface area contributed by atoms with Crippen LogP contribution < -0.4 is 4.74 Å². The van der Waals surface area contributed by atoms with E-state index in [0.717, 1.165) is 18.4 Å². The fourth-order valence-electron chi connectivity index (χ4n) is 3.24. The highest BCUT2D eigenvalue weighted by molar-refractivity contribution is 5.85. The molecule has 1 fully saturated rings. The molecule has 1 aliphatic rings. The summed E-state index contributed by atoms with van der Waals surface area (Å²) in [6.45, 7) is 13.3. The number of hydrogen-bond donors (Lipinski definition) is 0. The number of rotatable bonds is 4. The summed E-state index contributed by atoms with van der Waals surface area (Å²) >= 11 is 0. The van der Waals surface area contributed by atoms with Crippen LogP contribution in [0.25, 0.3) is 4.85 Å². The first-order valence-corrected chi connectivity index (χ1v) is 8.67. The molecule has 1 aromatic carbocycles. The lowest BCUT2D eigenvalue weighted by molar-refractivity contribution is -0.146. The lowest BCUT2D eigenvalue weighted by atomic mass is 10.0. The van der Waals surface area contributed by atoms with Crippen LogP contribution in [-0.4, -0.2) is 32.9 Å². The van der Waals surface area contributed by atoms with E-state index in [-0.39, 0.29) is 23.6 Å². The van der Waals surface area contributed by atoms with E-state index in [0.29, 0.717) is 6.54 Å². The van der Waals surface area contributed by atoms with Crippen molar-refractivity contribution in [2.75, 3.05) is 6.54 Å². The van der Waals surface area contributed by atoms with Gasteiger partial charge in [0.2, 0.25) is 12.2 Å². The first-order valence-electron chi connectivity index (χ1n) is 8.67. The van der Waals surface area contributed by atoms with Crippen molar-refractivity contribution in [3.8, 4) is 5.88 Å². The van der Waals surface area contributed by atoms with E-state index in [1.165, 1.54) is 18.0 Å². The second-order valence-corrected chi connectivity index (χ2v) is 7.01. The minimum Gasteiger partial charge on any atom is -0.462 e. The van der Waals surface area contributed by atoms with Crippen LogP contribution in [0.4, 0.5) is 5.82 Å². The van der Waals surface area contributed by atoms with Crippen LogP contribution in [0.15, 0.2) is 36.7 Å². The van der Waals surface area contributed by atoms with Gasteiger partial charge in [-0.1, -0.05) is 36.4 Å². The SMILES string of the molecule is [C-]#[N+]c1cc(OC(C)(C)C(=O)N2CCCC2c2ccc(C)cc2)ncn1. The zero-order chi connectivity index (χ0) is 18.7. The van der Waals surface area contributed by atoms with Gasteiger partial charge in [-0.05, 0) is 39.2 Å². The second kappa shape index (κ2) is 7.12. The number of carbonyl (C=O) groups excluding carboxylic acids is 1. The number of hydrogen-bond acceptors (Lipinski definition) is 4. The molecule has 0 aliphatic carbocycles. The minimum atomic E-state index is -1.08. The zero-order valence-electron chi connectivity index (χ0n) is 15.3. The third kappa shape index (κ3) is 3.67. The second-order valence-electron chi connectivity index (χ2n) is 7.01. The number of amides is 1. The molecule has 0 saturated carbocycles. The van der Waals surface area contributed by atoms with Crippen molar-refractivity contribution in [3.05, 3.63) is 59.2 Å². The summed E-state index contributed by atoms with van der Waals surface area (Å²) in [5.74, 6) is 0.343. The van der Waals surface area contributed by atoms with Crippen molar-refractivity contribution in [3.63, 3.8) is 0 Å². The quantitative estimate of drug-likeness (QED) is 0.786. The molecule has 1 amide bonds. The van der Waals surface area contributed by atoms with Gasteiger partial charge >= 0.3 is 0 Å². The summed E-state index contributed by atoms with van der Waals surface area (Å²) in [6, 6.07) is 9.84. The highest BCUT2D eigenvalue weighted by Crippen LogP contribution is 2.34. The number of likely N-dealkylation sites (tertiary alicyclic amines) is 1. The Kier molecular flexibility index (Phi) is 4.90. The number of aromatic nitrogens is 2. The highest BCUT2D eigenvalue weighted by atomic mass is 16.5. The molecule has 0 bridgehead atoms. The van der Waals surface area contributed by atoms with Crippen molar-refractivity contribution in [1.29, 1.82) is 0 Å². The minimum absolute atomic E-state index is 0.0650. The summed E-state index contributed by atoms with van der Waals surface area (Å²) in [7, 11) is 0. The van der Waals surface area contributed by atoms with Crippen LogP contribution in [0.5, 0.6) is 5.88 Å². The fourth-order valence-corrected chi connectivity index (χ4v) is 3.24. The molecule has 1 unspecified atom stereocenters. The number of carbonyl (C=O) groups is 1. The number of aryl methyl sites for hydroxylation is 1. The van der Waals surface area contributed by atoms with Crippen molar-refractivity contribution >= 4 is 11.7 Å². The molecule has 1 saturated heterocycles. The first kappa shape index (κ1) is 17.9. The molecule has 2 aromatic rings. The van der Waals surface area contributed by atoms with E-state index in [9.17, 15) is 4.79 Å². The van der Waals surface area contributed by atoms with Crippen molar-refractivity contribution in [1.82, 2.24) is 14.9 Å². The summed E-state index contributed by atoms with van der Waals surface area (Å²) in [5.41, 5.74) is 1.27. The van der Waals surface area contributed by atoms with Gasteiger partial charge < -0.3 is 14.5 Å². The zero-order valence-corrected chi connectivity index (χ0v) is 15.3. The average molecular weight is 350 g/mol. The first-order chi connectivity index (χ1) is 12.4. The maximum atomic E-state index is 13.2. The highest BCUT2D eigenvalue weighted by Gasteiger charge is 2.40. The fraction of sp³-hybridized carbons (Fsp3) is 0.400. The Morgan fingerprint density at radius 3 is 2.73 bits per heavy atom. The van der Waals surface area contributed by atoms with Gasteiger partial charge in [0.15, 0.2) is 5.60 Å². The number of nitrogens with zero attached hydrogens (tertiary/aromatic N) is 4. The van der Waals surface area contributed by atoms with Crippen LogP contribution in [0.2, 0.25) is 0 Å². The van der Waals surface area contributed by atoms with E-state index in [1.807, 2.05) is 4.90 Å². The predicted molar refractivity (Wildman–Crippen MR) is 97.9 cm³/mol. The van der Waals surface area contributed by atoms with Crippen molar-refractivity contribution in [2.24, 2.45) is 0 Å². The Labute approximate surface area is 153 Å². The standard InChI is InChI=1S/C20H22N4O2/c1-14-7-9-15(10-8-14)16-6-5-11-24(16)19(25)20(2,3)26-18-12-17(21-4)22-13-23-18/h7-10,12-13,16H,5-6,11H2,1-3H3. The number of ether oxygens (including phenoxy) is 1. The average Bonchev–Trinajstić information content (AvgIpc) is 3.11. The van der Waals surface area contributed by atoms with E-state index in [4.69, 9.17) is 11.3 Å². The molecule has 6 heteroatoms. The van der Waals surface area contributed by atoms with Gasteiger partial charge in [-0.3, -0.25) is 4.79 Å². The van der Waals surface area contributed by atoms with Gasteiger partial charge in [-0.2, -0.15) is 4.98 Å². The summed E-state index contributed by atoms with van der Waals surface area (Å²) in [5, 5.41) is 0. The molecule has 26 heavy (non-hydrogen) atoms. The molecule has 134 valence electrons. The lowest BCUT2D eigenvalue weighted by Crippen LogP contribution is -2.48. The van der Waals surface area contributed by atoms with Gasteiger partial charge in [-0.25, -0.2) is 0 Å². The predicted octanol–water partition coefficient (Wildman–Crippen LogP) is 3.86. The van der Waals surface area contributed by atoms with Crippen LogP contribution in [0.1, 0.15) is 43.9 Å². The Morgan fingerprint density at radius 2 is 2.04 bits per heavy atom. The summed E-state index contributed by atoms with van der Waals surface area (Å²) < 4.78 is 5.84. The molecule has 1 aliphatic heterocycles. The van der Waals surface area contributed by atoms with E-state index < -0.39 is 5.60 Å². The topological polar surface area (TPSA) is 59.7 Å². The molecule has 3 rings (SSSR count). The monoisotopic (exact) mass is 350 g/mol. The molecule has 1 atom stereocenters. The molecular formula is C20H22N4O2. The Morgan fingerprint density at radius 1 is 1.31 bits per heavy atom. The number of benzene rings is 1. The largest absolute Gasteiger partial charge is 0.462 e. The summed E-state index contributed by atoms with van der Waals surface area (Å²) in [6.07, 6.45) is 3.18. The Balaban J connectivity index is 1.79. The van der Waals surface area contributed by atoms with Crippen LogP contribution >= 0.6 is 0 Å². The molecule has 2 heterocycles. The van der Waals surface area contributed by atoms with Crippen molar-refractivity contribution < 1.29 is 9.53 Å². The molecule has 0 spiro atoms. The van der Waals surface area contributed by atoms with Crippen LogP contribution in [-0.2, 0) is 4.79 Å². The van der Waals surface area contributed by atoms with Gasteiger partial charge in [0, 0.05) is 12.6 Å². The van der Waals surface area contributed by atoms with E-state index in [2.05, 4.69) is 46.0 Å². The van der Waals surface area contributed by atoms with Gasteiger partial charge in [0.25, 0.3) is 11.7 Å². The van der Waals surface area contributed by atoms with Crippen molar-refractivity contribution in [2.45, 2.75) is 45.3 Å². The van der Waals surface area contributed by atoms with E-state index >= 15 is 0 Å². The van der Waals surface area contributed by atoms with Gasteiger partial charge in [-0.15, -0.1) is 4.98 Å². The van der Waals surface area contributed by atoms with Gasteiger partial charge in [0.1, 0.15) is 0 Å². The molecule has 0 radical (unpaired) electrons. The molecular weight excluding hydrogens is 328 g/mol. The lowest BCUT2D eigenvalue weighted by Gasteiger charge is -2.33. The molecule has 0 N–H and O–H groups in total. The Hall–Kier alpha value is -2.94. The summed E-state index contributed by atoms with van der Waals surface area (Å²) in [4.78, 5) is 26.2. The molecule has 6 nitrogen and oxygen atoms in total.